The molecule has 2 aromatic rings. The van der Waals surface area contributed by atoms with Gasteiger partial charge in [0.25, 0.3) is 0 Å². The van der Waals surface area contributed by atoms with E-state index in [1.54, 1.807) is 0 Å². The summed E-state index contributed by atoms with van der Waals surface area (Å²) in [6.07, 6.45) is 10.9. The summed E-state index contributed by atoms with van der Waals surface area (Å²) in [5.74, 6) is 1.69. The zero-order chi connectivity index (χ0) is 28.0. The van der Waals surface area contributed by atoms with Crippen molar-refractivity contribution in [1.29, 1.82) is 0 Å². The second-order valence-corrected chi connectivity index (χ2v) is 19.2. The maximum atomic E-state index is 4.79. The van der Waals surface area contributed by atoms with Crippen LogP contribution in [0, 0.1) is 16.7 Å². The summed E-state index contributed by atoms with van der Waals surface area (Å²) < 4.78 is 0. The van der Waals surface area contributed by atoms with Crippen LogP contribution >= 0.6 is 17.2 Å². The summed E-state index contributed by atoms with van der Waals surface area (Å²) in [6.45, 7) is 28.6. The van der Waals surface area contributed by atoms with Gasteiger partial charge in [-0.3, -0.25) is 0 Å². The minimum Gasteiger partial charge on any atom is -0.240 e. The highest BCUT2D eigenvalue weighted by Gasteiger charge is 2.50. The van der Waals surface area contributed by atoms with Gasteiger partial charge in [-0.15, -0.1) is 9.24 Å². The molecule has 0 fully saturated rings. The Morgan fingerprint density at radius 3 is 1.41 bits per heavy atom. The van der Waals surface area contributed by atoms with Crippen molar-refractivity contribution in [3.05, 3.63) is 71.4 Å². The van der Waals surface area contributed by atoms with Crippen LogP contribution in [0.5, 0.6) is 0 Å². The lowest BCUT2D eigenvalue weighted by molar-refractivity contribution is 0.424. The largest absolute Gasteiger partial charge is 0.240 e. The first-order valence-electron chi connectivity index (χ1n) is 13.4. The average molecular weight is 539 g/mol. The molecule has 2 aromatic heterocycles. The Balaban J connectivity index is 2.38. The third kappa shape index (κ3) is 6.23. The average Bonchev–Trinajstić information content (AvgIpc) is 3.17. The van der Waals surface area contributed by atoms with Gasteiger partial charge in [0.05, 0.1) is 0 Å². The van der Waals surface area contributed by atoms with Crippen molar-refractivity contribution in [2.24, 2.45) is 16.7 Å². The normalized spacial score (nSPS) is 18.0. The van der Waals surface area contributed by atoms with Crippen LogP contribution in [-0.2, 0) is 5.16 Å². The van der Waals surface area contributed by atoms with Crippen LogP contribution < -0.4 is 0 Å². The summed E-state index contributed by atoms with van der Waals surface area (Å²) >= 11 is 0. The van der Waals surface area contributed by atoms with Gasteiger partial charge in [0.2, 0.25) is 0 Å². The summed E-state index contributed by atoms with van der Waals surface area (Å²) in [6, 6.07) is 3.75. The van der Waals surface area contributed by atoms with E-state index in [1.165, 1.54) is 16.7 Å². The van der Waals surface area contributed by atoms with Crippen molar-refractivity contribution in [2.75, 3.05) is 6.16 Å². The molecule has 2 unspecified atom stereocenters. The summed E-state index contributed by atoms with van der Waals surface area (Å²) in [7, 11) is 2.75. The van der Waals surface area contributed by atoms with E-state index in [-0.39, 0.29) is 35.0 Å². The van der Waals surface area contributed by atoms with Crippen molar-refractivity contribution in [2.45, 2.75) is 98.6 Å². The van der Waals surface area contributed by atoms with Crippen molar-refractivity contribution < 1.29 is 0 Å². The van der Waals surface area contributed by atoms with Gasteiger partial charge >= 0.3 is 0 Å². The third-order valence-corrected chi connectivity index (χ3v) is 12.0. The summed E-state index contributed by atoms with van der Waals surface area (Å²) in [5, 5.41) is -0.308. The van der Waals surface area contributed by atoms with Crippen LogP contribution in [0.25, 0.3) is 0 Å². The minimum absolute atomic E-state index is 0.00295. The molecule has 2 atom stereocenters. The molecule has 0 N–H and O–H groups in total. The number of aromatic nitrogens is 4. The van der Waals surface area contributed by atoms with E-state index in [1.807, 2.05) is 36.9 Å². The first-order chi connectivity index (χ1) is 16.8. The SMILES string of the molecule is CC(C)(C)C1=C(C(C)(C)C)C(CP(C(C)(C)C)C(C)(C)C)C(C(P)(c2ncccn2)c2ncccn2)=C1. The second-order valence-electron chi connectivity index (χ2n) is 14.4. The van der Waals surface area contributed by atoms with Gasteiger partial charge in [0.1, 0.15) is 16.8 Å². The molecule has 6 heteroatoms. The predicted octanol–water partition coefficient (Wildman–Crippen LogP) is 8.41. The van der Waals surface area contributed by atoms with Gasteiger partial charge in [-0.25, -0.2) is 19.9 Å². The van der Waals surface area contributed by atoms with E-state index in [4.69, 9.17) is 19.9 Å². The maximum Gasteiger partial charge on any atom is 0.149 e. The molecule has 0 aliphatic heterocycles. The Bertz CT molecular complexity index is 1090. The molecule has 0 saturated carbocycles. The van der Waals surface area contributed by atoms with Gasteiger partial charge in [0.15, 0.2) is 0 Å². The lowest BCUT2D eigenvalue weighted by atomic mass is 9.72. The van der Waals surface area contributed by atoms with E-state index >= 15 is 0 Å². The highest BCUT2D eigenvalue weighted by molar-refractivity contribution is 7.60. The standard InChI is InChI=1S/C31H48N4P2/c1-27(2,3)23-19-22(31(36,25-32-15-13-16-33-25)26-34-17-14-18-35-26)21(24(23)28(4,5)6)20-37(29(7,8)9)30(10,11)12/h13-19,21H,20,36H2,1-12H3. The Kier molecular flexibility index (Phi) is 8.31. The summed E-state index contributed by atoms with van der Waals surface area (Å²) in [5.41, 5.74) is 4.26. The van der Waals surface area contributed by atoms with Crippen molar-refractivity contribution in [1.82, 2.24) is 19.9 Å². The summed E-state index contributed by atoms with van der Waals surface area (Å²) in [4.78, 5) is 19.2. The zero-order valence-corrected chi connectivity index (χ0v) is 27.2. The highest BCUT2D eigenvalue weighted by atomic mass is 31.1. The van der Waals surface area contributed by atoms with E-state index < -0.39 is 5.16 Å². The van der Waals surface area contributed by atoms with Gasteiger partial charge in [-0.05, 0) is 50.6 Å². The van der Waals surface area contributed by atoms with Crippen LogP contribution in [0.1, 0.15) is 94.7 Å². The maximum absolute atomic E-state index is 4.79. The van der Waals surface area contributed by atoms with E-state index in [0.717, 1.165) is 17.8 Å². The number of rotatable bonds is 5. The van der Waals surface area contributed by atoms with Crippen LogP contribution in [0.4, 0.5) is 0 Å². The first-order valence-corrected chi connectivity index (χ1v) is 15.5. The topological polar surface area (TPSA) is 51.6 Å². The van der Waals surface area contributed by atoms with Crippen molar-refractivity contribution in [3.63, 3.8) is 0 Å². The predicted molar refractivity (Wildman–Crippen MR) is 163 cm³/mol. The van der Waals surface area contributed by atoms with E-state index in [2.05, 4.69) is 98.4 Å². The van der Waals surface area contributed by atoms with Crippen molar-refractivity contribution in [3.8, 4) is 0 Å². The number of hydrogen-bond acceptors (Lipinski definition) is 4. The fourth-order valence-electron chi connectivity index (χ4n) is 5.90. The van der Waals surface area contributed by atoms with E-state index in [9.17, 15) is 0 Å². The number of hydrogen-bond donors (Lipinski definition) is 0. The van der Waals surface area contributed by atoms with Gasteiger partial charge in [0, 0.05) is 30.7 Å². The van der Waals surface area contributed by atoms with Crippen LogP contribution in [0.3, 0.4) is 0 Å². The fraction of sp³-hybridized carbons (Fsp3) is 0.613. The lowest BCUT2D eigenvalue weighted by Gasteiger charge is -2.46. The lowest BCUT2D eigenvalue weighted by Crippen LogP contribution is -2.36. The van der Waals surface area contributed by atoms with Crippen LogP contribution in [0.2, 0.25) is 0 Å². The molecule has 1 aliphatic carbocycles. The molecule has 0 saturated heterocycles. The molecule has 2 heterocycles. The molecule has 202 valence electrons. The highest BCUT2D eigenvalue weighted by Crippen LogP contribution is 2.65. The van der Waals surface area contributed by atoms with Crippen LogP contribution in [-0.4, -0.2) is 36.4 Å². The molecular weight excluding hydrogens is 490 g/mol. The first kappa shape index (κ1) is 30.0. The molecule has 1 aliphatic rings. The molecule has 4 nitrogen and oxygen atoms in total. The molecular formula is C31H48N4P2. The Morgan fingerprint density at radius 2 is 1.08 bits per heavy atom. The molecule has 0 radical (unpaired) electrons. The molecule has 3 rings (SSSR count). The fourth-order valence-corrected chi connectivity index (χ4v) is 10.3. The Hall–Kier alpha value is -1.50. The van der Waals surface area contributed by atoms with E-state index in [0.29, 0.717) is 0 Å². The zero-order valence-electron chi connectivity index (χ0n) is 25.1. The second kappa shape index (κ2) is 10.2. The van der Waals surface area contributed by atoms with Gasteiger partial charge in [-0.2, -0.15) is 0 Å². The minimum atomic E-state index is -0.729. The molecule has 0 aromatic carbocycles. The smallest absolute Gasteiger partial charge is 0.149 e. The molecule has 0 spiro atoms. The third-order valence-electron chi connectivity index (χ3n) is 7.21. The Labute approximate surface area is 229 Å². The quantitative estimate of drug-likeness (QED) is 0.359. The molecule has 0 bridgehead atoms. The number of allylic oxidation sites excluding steroid dienone is 4. The molecule has 37 heavy (non-hydrogen) atoms. The van der Waals surface area contributed by atoms with Gasteiger partial charge < -0.3 is 0 Å². The van der Waals surface area contributed by atoms with Gasteiger partial charge in [-0.1, -0.05) is 103 Å². The monoisotopic (exact) mass is 538 g/mol. The molecule has 0 amide bonds. The Morgan fingerprint density at radius 1 is 0.676 bits per heavy atom. The number of nitrogens with zero attached hydrogens (tertiary/aromatic N) is 4. The van der Waals surface area contributed by atoms with Crippen LogP contribution in [0.15, 0.2) is 59.7 Å². The van der Waals surface area contributed by atoms with Crippen molar-refractivity contribution >= 4 is 17.2 Å².